The van der Waals surface area contributed by atoms with Gasteiger partial charge in [0, 0.05) is 12.0 Å². The largest absolute Gasteiger partial charge is 0.504 e. The lowest BCUT2D eigenvalue weighted by atomic mass is 9.97. The number of hydrogen-bond acceptors (Lipinski definition) is 4. The van der Waals surface area contributed by atoms with Gasteiger partial charge in [-0.1, -0.05) is 32.0 Å². The minimum absolute atomic E-state index is 0.0578. The first kappa shape index (κ1) is 22.4. The fourth-order valence-electron chi connectivity index (χ4n) is 2.73. The van der Waals surface area contributed by atoms with Gasteiger partial charge in [-0.2, -0.15) is 0 Å². The fraction of sp³-hybridized carbons (Fsp3) is 0.391. The molecule has 146 valence electrons. The van der Waals surface area contributed by atoms with Crippen LogP contribution in [0.4, 0.5) is 0 Å². The number of benzene rings is 2. The van der Waals surface area contributed by atoms with Crippen molar-refractivity contribution in [2.24, 2.45) is 5.92 Å². The van der Waals surface area contributed by atoms with Crippen LogP contribution < -0.4 is 4.74 Å². The maximum Gasteiger partial charge on any atom is 0.161 e. The highest BCUT2D eigenvalue weighted by molar-refractivity contribution is 5.76. The number of rotatable bonds is 8. The first-order chi connectivity index (χ1) is 12.9. The Morgan fingerprint density at radius 2 is 1.85 bits per heavy atom. The van der Waals surface area contributed by atoms with E-state index in [0.717, 1.165) is 19.1 Å². The van der Waals surface area contributed by atoms with Gasteiger partial charge in [0.05, 0.1) is 6.61 Å². The summed E-state index contributed by atoms with van der Waals surface area (Å²) >= 11 is 0. The zero-order valence-electron chi connectivity index (χ0n) is 16.7. The summed E-state index contributed by atoms with van der Waals surface area (Å²) in [5.41, 5.74) is 4.51. The topological polar surface area (TPSA) is 63.6 Å². The summed E-state index contributed by atoms with van der Waals surface area (Å²) in [4.78, 5) is 20.6. The van der Waals surface area contributed by atoms with Crippen LogP contribution in [-0.4, -0.2) is 24.3 Å². The SMILES string of the molecule is CCOc1cc(C=O)ccc1O.Cc1cc(CC(C)C)ccc1CCC=O. The maximum absolute atomic E-state index is 10.3. The third-order valence-electron chi connectivity index (χ3n) is 4.00. The molecule has 2 aromatic carbocycles. The number of hydrogen-bond donors (Lipinski definition) is 1. The molecule has 0 bridgehead atoms. The Morgan fingerprint density at radius 3 is 2.41 bits per heavy atom. The van der Waals surface area contributed by atoms with E-state index in [2.05, 4.69) is 39.0 Å². The highest BCUT2D eigenvalue weighted by Crippen LogP contribution is 2.25. The number of aryl methyl sites for hydroxylation is 2. The molecule has 0 saturated heterocycles. The number of aldehydes is 2. The van der Waals surface area contributed by atoms with E-state index >= 15 is 0 Å². The lowest BCUT2D eigenvalue weighted by molar-refractivity contribution is -0.107. The number of carbonyl (C=O) groups excluding carboxylic acids is 2. The minimum Gasteiger partial charge on any atom is -0.504 e. The highest BCUT2D eigenvalue weighted by atomic mass is 16.5. The van der Waals surface area contributed by atoms with Gasteiger partial charge in [0.1, 0.15) is 12.6 Å². The van der Waals surface area contributed by atoms with E-state index in [1.807, 2.05) is 6.92 Å². The van der Waals surface area contributed by atoms with Crippen LogP contribution in [0.3, 0.4) is 0 Å². The van der Waals surface area contributed by atoms with Crippen molar-refractivity contribution in [3.05, 3.63) is 58.7 Å². The highest BCUT2D eigenvalue weighted by Gasteiger charge is 2.02. The monoisotopic (exact) mass is 370 g/mol. The van der Waals surface area contributed by atoms with Crippen molar-refractivity contribution >= 4 is 12.6 Å². The van der Waals surface area contributed by atoms with Gasteiger partial charge in [-0.15, -0.1) is 0 Å². The van der Waals surface area contributed by atoms with Crippen LogP contribution in [0.5, 0.6) is 11.5 Å². The Hall–Kier alpha value is -2.62. The lowest BCUT2D eigenvalue weighted by Gasteiger charge is -2.09. The molecule has 0 unspecified atom stereocenters. The second-order valence-electron chi connectivity index (χ2n) is 6.84. The van der Waals surface area contributed by atoms with E-state index in [1.54, 1.807) is 0 Å². The molecule has 0 aromatic heterocycles. The summed E-state index contributed by atoms with van der Waals surface area (Å²) in [5, 5.41) is 9.22. The van der Waals surface area contributed by atoms with Crippen LogP contribution in [0.2, 0.25) is 0 Å². The molecular formula is C23H30O4. The smallest absolute Gasteiger partial charge is 0.161 e. The Balaban J connectivity index is 0.000000277. The fourth-order valence-corrected chi connectivity index (χ4v) is 2.73. The van der Waals surface area contributed by atoms with Gasteiger partial charge < -0.3 is 14.6 Å². The predicted molar refractivity (Wildman–Crippen MR) is 109 cm³/mol. The number of aromatic hydroxyl groups is 1. The maximum atomic E-state index is 10.3. The standard InChI is InChI=1S/C14H20O.C9H10O3/c1-11(2)9-13-6-7-14(5-4-8-15)12(3)10-13;1-2-12-9-5-7(6-10)3-4-8(9)11/h6-8,10-11H,4-5,9H2,1-3H3;3-6,11H,2H2,1H3. The number of ether oxygens (including phenoxy) is 1. The molecule has 0 aliphatic heterocycles. The number of phenols is 1. The van der Waals surface area contributed by atoms with E-state index in [9.17, 15) is 14.7 Å². The molecule has 27 heavy (non-hydrogen) atoms. The van der Waals surface area contributed by atoms with Gasteiger partial charge in [0.15, 0.2) is 11.5 Å². The molecule has 0 heterocycles. The summed E-state index contributed by atoms with van der Waals surface area (Å²) in [6.45, 7) is 8.87. The minimum atomic E-state index is 0.0578. The predicted octanol–water partition coefficient (Wildman–Crippen LogP) is 4.93. The summed E-state index contributed by atoms with van der Waals surface area (Å²) in [6.07, 6.45) is 4.33. The summed E-state index contributed by atoms with van der Waals surface area (Å²) in [7, 11) is 0. The molecule has 0 fully saturated rings. The van der Waals surface area contributed by atoms with Crippen LogP contribution in [0, 0.1) is 12.8 Å². The molecule has 0 aliphatic rings. The van der Waals surface area contributed by atoms with Crippen molar-refractivity contribution in [1.82, 2.24) is 0 Å². The van der Waals surface area contributed by atoms with Crippen molar-refractivity contribution in [3.8, 4) is 11.5 Å². The quantitative estimate of drug-likeness (QED) is 0.669. The molecule has 0 atom stereocenters. The molecule has 0 amide bonds. The Bertz CT molecular complexity index is 735. The molecular weight excluding hydrogens is 340 g/mol. The molecule has 4 heteroatoms. The average molecular weight is 370 g/mol. The van der Waals surface area contributed by atoms with Gasteiger partial charge >= 0.3 is 0 Å². The van der Waals surface area contributed by atoms with E-state index in [4.69, 9.17) is 4.74 Å². The van der Waals surface area contributed by atoms with Gasteiger partial charge in [0.2, 0.25) is 0 Å². The van der Waals surface area contributed by atoms with Crippen LogP contribution in [0.25, 0.3) is 0 Å². The van der Waals surface area contributed by atoms with E-state index < -0.39 is 0 Å². The molecule has 4 nitrogen and oxygen atoms in total. The zero-order valence-corrected chi connectivity index (χ0v) is 16.7. The van der Waals surface area contributed by atoms with Crippen molar-refractivity contribution in [1.29, 1.82) is 0 Å². The lowest BCUT2D eigenvalue weighted by Crippen LogP contribution is -1.97. The zero-order chi connectivity index (χ0) is 20.2. The first-order valence-corrected chi connectivity index (χ1v) is 9.34. The summed E-state index contributed by atoms with van der Waals surface area (Å²) in [5.74, 6) is 1.11. The third kappa shape index (κ3) is 8.07. The van der Waals surface area contributed by atoms with Crippen molar-refractivity contribution in [2.75, 3.05) is 6.61 Å². The Labute approximate surface area is 162 Å². The Morgan fingerprint density at radius 1 is 1.11 bits per heavy atom. The second-order valence-corrected chi connectivity index (χ2v) is 6.84. The molecule has 0 spiro atoms. The number of phenolic OH excluding ortho intramolecular Hbond substituents is 1. The average Bonchev–Trinajstić information content (AvgIpc) is 2.63. The van der Waals surface area contributed by atoms with Crippen molar-refractivity contribution in [3.63, 3.8) is 0 Å². The third-order valence-corrected chi connectivity index (χ3v) is 4.00. The van der Waals surface area contributed by atoms with E-state index in [1.165, 1.54) is 34.9 Å². The Kier molecular flexibility index (Phi) is 9.88. The van der Waals surface area contributed by atoms with Gasteiger partial charge in [-0.25, -0.2) is 0 Å². The normalized spacial score (nSPS) is 10.1. The van der Waals surface area contributed by atoms with E-state index in [-0.39, 0.29) is 5.75 Å². The van der Waals surface area contributed by atoms with Gasteiger partial charge in [0.25, 0.3) is 0 Å². The molecule has 0 saturated carbocycles. The molecule has 0 aliphatic carbocycles. The molecule has 2 aromatic rings. The molecule has 2 rings (SSSR count). The molecule has 0 radical (unpaired) electrons. The first-order valence-electron chi connectivity index (χ1n) is 9.34. The van der Waals surface area contributed by atoms with Gasteiger partial charge in [-0.3, -0.25) is 4.79 Å². The summed E-state index contributed by atoms with van der Waals surface area (Å²) in [6, 6.07) is 11.1. The second kappa shape index (κ2) is 11.9. The van der Waals surface area contributed by atoms with Crippen LogP contribution in [0.1, 0.15) is 54.2 Å². The van der Waals surface area contributed by atoms with Gasteiger partial charge in [-0.05, 0) is 67.5 Å². The number of carbonyl (C=O) groups is 2. The van der Waals surface area contributed by atoms with Crippen molar-refractivity contribution in [2.45, 2.75) is 47.0 Å². The van der Waals surface area contributed by atoms with Crippen LogP contribution in [-0.2, 0) is 17.6 Å². The molecule has 1 N–H and O–H groups in total. The van der Waals surface area contributed by atoms with Crippen molar-refractivity contribution < 1.29 is 19.4 Å². The van der Waals surface area contributed by atoms with E-state index in [0.29, 0.717) is 36.5 Å². The van der Waals surface area contributed by atoms with Crippen LogP contribution >= 0.6 is 0 Å². The summed E-state index contributed by atoms with van der Waals surface area (Å²) < 4.78 is 5.07. The van der Waals surface area contributed by atoms with Crippen LogP contribution in [0.15, 0.2) is 36.4 Å².